The van der Waals surface area contributed by atoms with Crippen molar-refractivity contribution in [2.45, 2.75) is 41.5 Å². The van der Waals surface area contributed by atoms with Gasteiger partial charge < -0.3 is 9.13 Å². The van der Waals surface area contributed by atoms with E-state index in [1.165, 1.54) is 22.3 Å². The average Bonchev–Trinajstić information content (AvgIpc) is 3.87. The van der Waals surface area contributed by atoms with E-state index < -0.39 is 0 Å². The van der Waals surface area contributed by atoms with E-state index >= 15 is 0 Å². The van der Waals surface area contributed by atoms with Gasteiger partial charge in [-0.2, -0.15) is 0 Å². The van der Waals surface area contributed by atoms with Crippen LogP contribution in [0, 0.1) is 48.1 Å². The second kappa shape index (κ2) is 16.7. The SMILES string of the molecule is [C-]#[N+]c1cc(-n2c3cc(-c4ccc(C)cc4)ccc3c3ccc(-c4ccc(C)cc4)cc32)c(-n2c3cc(-c4ccc(C)cc4)ccc3c3ccc(-c4ccc(C)cc4)cc32)cc1-c1nc(C)nc(C)n1. The van der Waals surface area contributed by atoms with Gasteiger partial charge in [-0.15, -0.1) is 0 Å². The predicted octanol–water partition coefficient (Wildman–Crippen LogP) is 16.8. The van der Waals surface area contributed by atoms with Gasteiger partial charge in [-0.1, -0.05) is 168 Å². The zero-order valence-corrected chi connectivity index (χ0v) is 40.0. The van der Waals surface area contributed by atoms with Crippen LogP contribution in [0.2, 0.25) is 0 Å². The molecule has 6 heteroatoms. The number of nitrogens with zero attached hydrogens (tertiary/aromatic N) is 6. The number of rotatable bonds is 7. The number of fused-ring (bicyclic) bond motifs is 6. The van der Waals surface area contributed by atoms with Crippen LogP contribution in [0.5, 0.6) is 0 Å². The molecule has 3 aromatic heterocycles. The highest BCUT2D eigenvalue weighted by atomic mass is 15.1. The first-order chi connectivity index (χ1) is 34.1. The molecule has 12 aromatic rings. The first-order valence-corrected chi connectivity index (χ1v) is 23.8. The van der Waals surface area contributed by atoms with E-state index in [4.69, 9.17) is 16.5 Å². The normalized spacial score (nSPS) is 11.6. The Kier molecular flexibility index (Phi) is 10.1. The molecular weight excluding hydrogens is 853 g/mol. The van der Waals surface area contributed by atoms with Gasteiger partial charge in [-0.05, 0) is 122 Å². The van der Waals surface area contributed by atoms with Gasteiger partial charge in [-0.25, -0.2) is 19.8 Å². The molecule has 12 rings (SSSR count). The maximum atomic E-state index is 8.84. The summed E-state index contributed by atoms with van der Waals surface area (Å²) in [6.07, 6.45) is 0. The van der Waals surface area contributed by atoms with Crippen LogP contribution in [0.1, 0.15) is 33.9 Å². The number of hydrogen-bond acceptors (Lipinski definition) is 3. The first kappa shape index (κ1) is 42.4. The maximum Gasteiger partial charge on any atom is 0.200 e. The largest absolute Gasteiger partial charge is 0.308 e. The molecule has 0 N–H and O–H groups in total. The Bertz CT molecular complexity index is 3870. The molecule has 0 saturated carbocycles. The third kappa shape index (κ3) is 7.31. The summed E-state index contributed by atoms with van der Waals surface area (Å²) in [7, 11) is 0. The maximum absolute atomic E-state index is 8.84. The number of aromatic nitrogens is 5. The van der Waals surface area contributed by atoms with Crippen molar-refractivity contribution in [3.05, 3.63) is 227 Å². The van der Waals surface area contributed by atoms with Gasteiger partial charge in [0.25, 0.3) is 0 Å². The van der Waals surface area contributed by atoms with Crippen LogP contribution in [0.15, 0.2) is 182 Å². The average molecular weight is 901 g/mol. The molecule has 0 aliphatic heterocycles. The summed E-state index contributed by atoms with van der Waals surface area (Å²) in [5.74, 6) is 1.66. The molecule has 0 unspecified atom stereocenters. The topological polar surface area (TPSA) is 52.9 Å². The van der Waals surface area contributed by atoms with E-state index in [-0.39, 0.29) is 0 Å². The van der Waals surface area contributed by atoms with Crippen molar-refractivity contribution in [3.63, 3.8) is 0 Å². The predicted molar refractivity (Wildman–Crippen MR) is 290 cm³/mol. The third-order valence-corrected chi connectivity index (χ3v) is 13.9. The summed E-state index contributed by atoms with van der Waals surface area (Å²) >= 11 is 0. The molecule has 0 spiro atoms. The Balaban J connectivity index is 1.25. The molecule has 9 aromatic carbocycles. The van der Waals surface area contributed by atoms with E-state index in [0.717, 1.165) is 99.5 Å². The lowest BCUT2D eigenvalue weighted by Crippen LogP contribution is -2.06. The van der Waals surface area contributed by atoms with Crippen LogP contribution < -0.4 is 0 Å². The minimum atomic E-state index is 0.449. The molecule has 3 heterocycles. The Labute approximate surface area is 407 Å². The van der Waals surface area contributed by atoms with Crippen molar-refractivity contribution in [2.24, 2.45) is 0 Å². The van der Waals surface area contributed by atoms with E-state index in [2.05, 4.69) is 229 Å². The van der Waals surface area contributed by atoms with Gasteiger partial charge in [0.2, 0.25) is 0 Å². The molecule has 334 valence electrons. The molecule has 0 radical (unpaired) electrons. The molecule has 0 fully saturated rings. The van der Waals surface area contributed by atoms with Crippen molar-refractivity contribution in [2.75, 3.05) is 0 Å². The second-order valence-corrected chi connectivity index (χ2v) is 18.8. The molecule has 0 amide bonds. The quantitative estimate of drug-likeness (QED) is 0.150. The Morgan fingerprint density at radius 1 is 0.329 bits per heavy atom. The van der Waals surface area contributed by atoms with Gasteiger partial charge in [-0.3, -0.25) is 0 Å². The number of aryl methyl sites for hydroxylation is 6. The summed E-state index contributed by atoms with van der Waals surface area (Å²) in [6, 6.07) is 66.5. The van der Waals surface area contributed by atoms with Crippen LogP contribution in [0.4, 0.5) is 5.69 Å². The van der Waals surface area contributed by atoms with Crippen LogP contribution in [0.3, 0.4) is 0 Å². The monoisotopic (exact) mass is 900 g/mol. The fourth-order valence-corrected chi connectivity index (χ4v) is 10.2. The van der Waals surface area contributed by atoms with Crippen molar-refractivity contribution < 1.29 is 0 Å². The van der Waals surface area contributed by atoms with Crippen molar-refractivity contribution in [1.82, 2.24) is 24.1 Å². The van der Waals surface area contributed by atoms with Gasteiger partial charge >= 0.3 is 0 Å². The first-order valence-electron chi connectivity index (χ1n) is 23.8. The Hall–Kier alpha value is -8.92. The Morgan fingerprint density at radius 2 is 0.614 bits per heavy atom. The van der Waals surface area contributed by atoms with Gasteiger partial charge in [0.05, 0.1) is 40.0 Å². The third-order valence-electron chi connectivity index (χ3n) is 13.9. The van der Waals surface area contributed by atoms with Crippen LogP contribution in [0.25, 0.3) is 116 Å². The molecule has 0 aliphatic carbocycles. The molecule has 70 heavy (non-hydrogen) atoms. The zero-order chi connectivity index (χ0) is 47.8. The molecular formula is C64H48N6. The lowest BCUT2D eigenvalue weighted by molar-refractivity contribution is 0.928. The lowest BCUT2D eigenvalue weighted by Gasteiger charge is -2.20. The highest BCUT2D eigenvalue weighted by Gasteiger charge is 2.25. The summed E-state index contributed by atoms with van der Waals surface area (Å²) < 4.78 is 4.81. The standard InChI is InChI=1S/C64H48N6/c1-38-8-16-44(17-9-38)48-24-28-52-53-29-25-49(45-18-10-39(2)11-19-45)33-59(53)69(58(52)32-48)62-36-56(64-67-42(5)66-43(6)68-64)57(65-7)37-63(62)70-60-34-50(46-20-12-40(3)13-21-46)26-30-54(60)55-31-27-51(35-61(55)70)47-22-14-41(4)15-23-47/h8-37H,1-6H3. The summed E-state index contributed by atoms with van der Waals surface area (Å²) in [6.45, 7) is 21.1. The molecule has 0 aliphatic rings. The van der Waals surface area contributed by atoms with Crippen LogP contribution >= 0.6 is 0 Å². The fourth-order valence-electron chi connectivity index (χ4n) is 10.2. The van der Waals surface area contributed by atoms with E-state index in [1.807, 2.05) is 13.8 Å². The minimum absolute atomic E-state index is 0.449. The highest BCUT2D eigenvalue weighted by Crippen LogP contribution is 2.45. The fraction of sp³-hybridized carbons (Fsp3) is 0.0938. The van der Waals surface area contributed by atoms with Crippen LogP contribution in [-0.2, 0) is 0 Å². The second-order valence-electron chi connectivity index (χ2n) is 18.8. The van der Waals surface area contributed by atoms with Gasteiger partial charge in [0.15, 0.2) is 11.5 Å². The van der Waals surface area contributed by atoms with Gasteiger partial charge in [0, 0.05) is 27.1 Å². The van der Waals surface area contributed by atoms with E-state index in [9.17, 15) is 0 Å². The lowest BCUT2D eigenvalue weighted by atomic mass is 10.0. The smallest absolute Gasteiger partial charge is 0.200 e. The molecule has 0 saturated heterocycles. The summed E-state index contributed by atoms with van der Waals surface area (Å²) in [4.78, 5) is 18.6. The molecule has 0 atom stereocenters. The summed E-state index contributed by atoms with van der Waals surface area (Å²) in [5, 5.41) is 4.49. The zero-order valence-electron chi connectivity index (χ0n) is 40.0. The van der Waals surface area contributed by atoms with Gasteiger partial charge in [0.1, 0.15) is 11.6 Å². The minimum Gasteiger partial charge on any atom is -0.308 e. The Morgan fingerprint density at radius 3 is 0.914 bits per heavy atom. The van der Waals surface area contributed by atoms with Crippen LogP contribution in [-0.4, -0.2) is 24.1 Å². The van der Waals surface area contributed by atoms with Crippen molar-refractivity contribution in [1.29, 1.82) is 0 Å². The van der Waals surface area contributed by atoms with Crippen molar-refractivity contribution >= 4 is 49.3 Å². The van der Waals surface area contributed by atoms with Crippen molar-refractivity contribution in [3.8, 4) is 67.3 Å². The highest BCUT2D eigenvalue weighted by molar-refractivity contribution is 6.14. The van der Waals surface area contributed by atoms with E-state index in [0.29, 0.717) is 28.7 Å². The number of hydrogen-bond donors (Lipinski definition) is 0. The number of benzene rings is 9. The van der Waals surface area contributed by atoms with E-state index in [1.54, 1.807) is 0 Å². The molecule has 6 nitrogen and oxygen atoms in total. The summed E-state index contributed by atoms with van der Waals surface area (Å²) in [5.41, 5.74) is 20.8. The molecule has 0 bridgehead atoms.